The Kier molecular flexibility index (Phi) is 7.93. The number of amides is 2. The summed E-state index contributed by atoms with van der Waals surface area (Å²) in [6.45, 7) is 9.94. The summed E-state index contributed by atoms with van der Waals surface area (Å²) in [6.07, 6.45) is 0.925. The molecule has 6 nitrogen and oxygen atoms in total. The molecule has 2 N–H and O–H groups in total. The number of aryl methyl sites for hydroxylation is 2. The van der Waals surface area contributed by atoms with Crippen LogP contribution in [0.5, 0.6) is 0 Å². The first-order valence-corrected chi connectivity index (χ1v) is 13.8. The zero-order chi connectivity index (χ0) is 25.8. The second-order valence-corrected chi connectivity index (χ2v) is 10.9. The Bertz CT molecular complexity index is 1300. The van der Waals surface area contributed by atoms with Crippen molar-refractivity contribution in [1.82, 2.24) is 5.32 Å². The van der Waals surface area contributed by atoms with Gasteiger partial charge in [-0.25, -0.2) is 0 Å². The van der Waals surface area contributed by atoms with Crippen molar-refractivity contribution in [1.29, 1.82) is 0 Å². The molecule has 0 spiro atoms. The minimum atomic E-state index is -0.106. The Morgan fingerprint density at radius 3 is 2.68 bits per heavy atom. The molecule has 37 heavy (non-hydrogen) atoms. The highest BCUT2D eigenvalue weighted by molar-refractivity contribution is 7.99. The van der Waals surface area contributed by atoms with Gasteiger partial charge in [-0.3, -0.25) is 9.59 Å². The van der Waals surface area contributed by atoms with Gasteiger partial charge in [0.25, 0.3) is 11.8 Å². The van der Waals surface area contributed by atoms with E-state index in [2.05, 4.69) is 37.4 Å². The van der Waals surface area contributed by atoms with E-state index < -0.39 is 0 Å². The van der Waals surface area contributed by atoms with E-state index in [0.717, 1.165) is 71.4 Å². The second kappa shape index (κ2) is 11.5. The van der Waals surface area contributed by atoms with Crippen LogP contribution < -0.4 is 15.1 Å². The molecule has 2 aliphatic rings. The standard InChI is InChI=1S/C30H33N3O3S/c1-21-8-9-22(2)24(18-21)20-33-26-19-23(29(34)31-12-5-13-32-14-16-36-17-15-32)10-11-28(26)37-27-7-4-3-6-25(27)30(33)35/h3-4,6-11,18-19H,5,12-17,20H2,1-2H3,(H,31,34)/p+1. The first-order valence-electron chi connectivity index (χ1n) is 13.0. The lowest BCUT2D eigenvalue weighted by Gasteiger charge is -2.25. The number of carbonyl (C=O) groups is 2. The SMILES string of the molecule is Cc1ccc(C)c(CN2C(=O)c3ccccc3Sc3ccc(C(=O)NCCC[NH+]4CCOCC4)cc32)c1. The molecule has 0 radical (unpaired) electrons. The summed E-state index contributed by atoms with van der Waals surface area (Å²) in [4.78, 5) is 32.2. The van der Waals surface area contributed by atoms with Crippen molar-refractivity contribution in [3.05, 3.63) is 88.5 Å². The molecule has 5 rings (SSSR count). The van der Waals surface area contributed by atoms with E-state index in [0.29, 0.717) is 24.2 Å². The van der Waals surface area contributed by atoms with Crippen molar-refractivity contribution in [3.8, 4) is 0 Å². The molecule has 2 heterocycles. The molecule has 1 fully saturated rings. The van der Waals surface area contributed by atoms with Gasteiger partial charge in [-0.2, -0.15) is 0 Å². The quantitative estimate of drug-likeness (QED) is 0.471. The molecule has 7 heteroatoms. The van der Waals surface area contributed by atoms with Crippen LogP contribution in [0.4, 0.5) is 5.69 Å². The first-order chi connectivity index (χ1) is 18.0. The van der Waals surface area contributed by atoms with Crippen molar-refractivity contribution in [3.63, 3.8) is 0 Å². The smallest absolute Gasteiger partial charge is 0.259 e. The maximum atomic E-state index is 13.8. The summed E-state index contributed by atoms with van der Waals surface area (Å²) in [7, 11) is 0. The van der Waals surface area contributed by atoms with Gasteiger partial charge in [0.05, 0.1) is 37.6 Å². The highest BCUT2D eigenvalue weighted by atomic mass is 32.2. The van der Waals surface area contributed by atoms with Gasteiger partial charge < -0.3 is 19.9 Å². The maximum Gasteiger partial charge on any atom is 0.259 e. The van der Waals surface area contributed by atoms with Crippen molar-refractivity contribution < 1.29 is 19.2 Å². The lowest BCUT2D eigenvalue weighted by Crippen LogP contribution is -3.14. The van der Waals surface area contributed by atoms with Gasteiger partial charge in [0, 0.05) is 28.3 Å². The number of morpholine rings is 1. The van der Waals surface area contributed by atoms with Gasteiger partial charge in [0.2, 0.25) is 0 Å². The lowest BCUT2D eigenvalue weighted by molar-refractivity contribution is -0.908. The number of quaternary nitrogens is 1. The molecular formula is C30H34N3O3S+. The second-order valence-electron chi connectivity index (χ2n) is 9.82. The molecule has 3 aromatic carbocycles. The van der Waals surface area contributed by atoms with Gasteiger partial charge in [-0.1, -0.05) is 47.7 Å². The number of benzene rings is 3. The number of ether oxygens (including phenoxy) is 1. The summed E-state index contributed by atoms with van der Waals surface area (Å²) in [5.41, 5.74) is 5.43. The predicted molar refractivity (Wildman–Crippen MR) is 147 cm³/mol. The Labute approximate surface area is 223 Å². The van der Waals surface area contributed by atoms with Crippen LogP contribution in [0, 0.1) is 13.8 Å². The summed E-state index contributed by atoms with van der Waals surface area (Å²) in [5, 5.41) is 3.08. The fourth-order valence-corrected chi connectivity index (χ4v) is 5.97. The third-order valence-electron chi connectivity index (χ3n) is 7.12. The van der Waals surface area contributed by atoms with Crippen molar-refractivity contribution >= 4 is 29.3 Å². The van der Waals surface area contributed by atoms with Crippen molar-refractivity contribution in [2.45, 2.75) is 36.6 Å². The van der Waals surface area contributed by atoms with E-state index in [1.807, 2.05) is 47.4 Å². The Morgan fingerprint density at radius 2 is 1.84 bits per heavy atom. The van der Waals surface area contributed by atoms with Gasteiger partial charge in [0.1, 0.15) is 13.1 Å². The molecule has 1 saturated heterocycles. The molecule has 192 valence electrons. The van der Waals surface area contributed by atoms with Crippen LogP contribution in [0.2, 0.25) is 0 Å². The number of fused-ring (bicyclic) bond motifs is 2. The molecule has 3 aromatic rings. The van der Waals surface area contributed by atoms with Gasteiger partial charge in [-0.05, 0) is 55.3 Å². The fraction of sp³-hybridized carbons (Fsp3) is 0.333. The summed E-state index contributed by atoms with van der Waals surface area (Å²) < 4.78 is 5.42. The predicted octanol–water partition coefficient (Wildman–Crippen LogP) is 3.65. The zero-order valence-electron chi connectivity index (χ0n) is 21.5. The molecule has 0 atom stereocenters. The third-order valence-corrected chi connectivity index (χ3v) is 8.26. The van der Waals surface area contributed by atoms with E-state index in [-0.39, 0.29) is 11.8 Å². The van der Waals surface area contributed by atoms with Crippen LogP contribution in [0.25, 0.3) is 0 Å². The first kappa shape index (κ1) is 25.5. The largest absolute Gasteiger partial charge is 0.370 e. The van der Waals surface area contributed by atoms with E-state index in [1.54, 1.807) is 11.8 Å². The minimum absolute atomic E-state index is 0.0474. The van der Waals surface area contributed by atoms with E-state index in [9.17, 15) is 9.59 Å². The Morgan fingerprint density at radius 1 is 1.03 bits per heavy atom. The molecule has 0 aromatic heterocycles. The molecule has 0 unspecified atom stereocenters. The molecule has 0 aliphatic carbocycles. The maximum absolute atomic E-state index is 13.8. The summed E-state index contributed by atoms with van der Waals surface area (Å²) in [6, 6.07) is 19.8. The fourth-order valence-electron chi connectivity index (χ4n) is 4.91. The zero-order valence-corrected chi connectivity index (χ0v) is 22.3. The van der Waals surface area contributed by atoms with E-state index in [4.69, 9.17) is 4.74 Å². The Balaban J connectivity index is 1.39. The van der Waals surface area contributed by atoms with E-state index >= 15 is 0 Å². The van der Waals surface area contributed by atoms with Gasteiger partial charge in [-0.15, -0.1) is 0 Å². The highest BCUT2D eigenvalue weighted by Crippen LogP contribution is 2.42. The minimum Gasteiger partial charge on any atom is -0.370 e. The number of hydrogen-bond acceptors (Lipinski definition) is 4. The Hall–Kier alpha value is -3.13. The molecule has 2 amide bonds. The third kappa shape index (κ3) is 5.90. The number of anilines is 1. The highest BCUT2D eigenvalue weighted by Gasteiger charge is 2.28. The van der Waals surface area contributed by atoms with Crippen LogP contribution in [0.15, 0.2) is 70.5 Å². The topological polar surface area (TPSA) is 63.1 Å². The number of carbonyl (C=O) groups excluding carboxylic acids is 2. The number of hydrogen-bond donors (Lipinski definition) is 2. The van der Waals surface area contributed by atoms with E-state index in [1.165, 1.54) is 4.90 Å². The van der Waals surface area contributed by atoms with Crippen LogP contribution >= 0.6 is 11.8 Å². The van der Waals surface area contributed by atoms with Crippen LogP contribution in [0.1, 0.15) is 43.8 Å². The van der Waals surface area contributed by atoms with Crippen LogP contribution in [-0.4, -0.2) is 51.2 Å². The molecule has 2 aliphatic heterocycles. The summed E-state index contributed by atoms with van der Waals surface area (Å²) >= 11 is 1.58. The molecule has 0 saturated carbocycles. The number of nitrogens with zero attached hydrogens (tertiary/aromatic N) is 1. The molecular weight excluding hydrogens is 482 g/mol. The monoisotopic (exact) mass is 516 g/mol. The number of rotatable bonds is 7. The molecule has 0 bridgehead atoms. The normalized spacial score (nSPS) is 15.6. The lowest BCUT2D eigenvalue weighted by atomic mass is 10.0. The van der Waals surface area contributed by atoms with Gasteiger partial charge in [0.15, 0.2) is 0 Å². The van der Waals surface area contributed by atoms with Crippen LogP contribution in [0.3, 0.4) is 0 Å². The number of nitrogens with one attached hydrogen (secondary N) is 2. The summed E-state index contributed by atoms with van der Waals surface area (Å²) in [5.74, 6) is -0.153. The average Bonchev–Trinajstić information content (AvgIpc) is 3.03. The average molecular weight is 517 g/mol. The van der Waals surface area contributed by atoms with Crippen LogP contribution in [-0.2, 0) is 11.3 Å². The van der Waals surface area contributed by atoms with Crippen molar-refractivity contribution in [2.75, 3.05) is 44.3 Å². The van der Waals surface area contributed by atoms with Crippen molar-refractivity contribution in [2.24, 2.45) is 0 Å². The van der Waals surface area contributed by atoms with Gasteiger partial charge >= 0.3 is 0 Å².